The molecule has 0 unspecified atom stereocenters. The predicted octanol–water partition coefficient (Wildman–Crippen LogP) is 4.95. The van der Waals surface area contributed by atoms with E-state index in [1.165, 1.54) is 11.8 Å². The molecule has 0 radical (unpaired) electrons. The van der Waals surface area contributed by atoms with Crippen LogP contribution in [0.1, 0.15) is 6.92 Å². The van der Waals surface area contributed by atoms with Crippen LogP contribution in [-0.4, -0.2) is 37.5 Å². The summed E-state index contributed by atoms with van der Waals surface area (Å²) in [4.78, 5) is 15.5. The van der Waals surface area contributed by atoms with Crippen LogP contribution in [0.15, 0.2) is 47.4 Å². The van der Waals surface area contributed by atoms with E-state index in [1.807, 2.05) is 31.2 Å². The number of ether oxygens (including phenoxy) is 1. The minimum absolute atomic E-state index is 0.0786. The van der Waals surface area contributed by atoms with Gasteiger partial charge in [0.15, 0.2) is 0 Å². The highest BCUT2D eigenvalue weighted by molar-refractivity contribution is 8.00. The zero-order chi connectivity index (χ0) is 18.5. The lowest BCUT2D eigenvalue weighted by atomic mass is 10.2. The van der Waals surface area contributed by atoms with E-state index in [4.69, 9.17) is 27.9 Å². The van der Waals surface area contributed by atoms with E-state index >= 15 is 0 Å². The van der Waals surface area contributed by atoms with E-state index < -0.39 is 0 Å². The highest BCUT2D eigenvalue weighted by atomic mass is 35.5. The lowest BCUT2D eigenvalue weighted by Gasteiger charge is -2.28. The van der Waals surface area contributed by atoms with E-state index in [9.17, 15) is 4.79 Å². The standard InChI is InChI=1S/C19H20Cl2N2O2S/c1-13(26-18-12-14(20)2-7-17(18)21)19(24)22-15-3-5-16(6-4-15)23-8-10-25-11-9-23/h2-7,12-13H,8-11H2,1H3,(H,22,24)/t13-/m0/s1. The topological polar surface area (TPSA) is 41.6 Å². The Hall–Kier alpha value is -1.40. The van der Waals surface area contributed by atoms with Gasteiger partial charge in [-0.15, -0.1) is 11.8 Å². The van der Waals surface area contributed by atoms with Gasteiger partial charge in [0.2, 0.25) is 5.91 Å². The quantitative estimate of drug-likeness (QED) is 0.707. The number of benzene rings is 2. The summed E-state index contributed by atoms with van der Waals surface area (Å²) < 4.78 is 5.37. The van der Waals surface area contributed by atoms with Crippen LogP contribution < -0.4 is 10.2 Å². The van der Waals surface area contributed by atoms with Crippen molar-refractivity contribution in [2.45, 2.75) is 17.1 Å². The van der Waals surface area contributed by atoms with Crippen molar-refractivity contribution in [3.63, 3.8) is 0 Å². The Labute approximate surface area is 167 Å². The number of nitrogens with one attached hydrogen (secondary N) is 1. The highest BCUT2D eigenvalue weighted by Crippen LogP contribution is 2.33. The van der Waals surface area contributed by atoms with E-state index in [2.05, 4.69) is 10.2 Å². The molecule has 2 aromatic carbocycles. The second kappa shape index (κ2) is 9.00. The van der Waals surface area contributed by atoms with Crippen molar-refractivity contribution in [3.05, 3.63) is 52.5 Å². The Morgan fingerprint density at radius 1 is 1.15 bits per heavy atom. The largest absolute Gasteiger partial charge is 0.378 e. The summed E-state index contributed by atoms with van der Waals surface area (Å²) in [6.07, 6.45) is 0. The van der Waals surface area contributed by atoms with Gasteiger partial charge in [-0.2, -0.15) is 0 Å². The monoisotopic (exact) mass is 410 g/mol. The molecule has 1 amide bonds. The van der Waals surface area contributed by atoms with Gasteiger partial charge < -0.3 is 15.0 Å². The molecule has 138 valence electrons. The van der Waals surface area contributed by atoms with Crippen LogP contribution >= 0.6 is 35.0 Å². The first-order chi connectivity index (χ1) is 12.5. The molecule has 2 aromatic rings. The summed E-state index contributed by atoms with van der Waals surface area (Å²) in [7, 11) is 0. The van der Waals surface area contributed by atoms with Gasteiger partial charge in [-0.05, 0) is 49.4 Å². The Morgan fingerprint density at radius 2 is 1.85 bits per heavy atom. The molecule has 0 aromatic heterocycles. The summed E-state index contributed by atoms with van der Waals surface area (Å²) in [5, 5.41) is 3.84. The third kappa shape index (κ3) is 5.07. The van der Waals surface area contributed by atoms with Crippen molar-refractivity contribution in [1.29, 1.82) is 0 Å². The van der Waals surface area contributed by atoms with Crippen molar-refractivity contribution < 1.29 is 9.53 Å². The number of thioether (sulfide) groups is 1. The molecule has 1 heterocycles. The predicted molar refractivity (Wildman–Crippen MR) is 110 cm³/mol. The first kappa shape index (κ1) is 19.4. The maximum absolute atomic E-state index is 12.5. The summed E-state index contributed by atoms with van der Waals surface area (Å²) in [6.45, 7) is 5.12. The molecule has 1 aliphatic rings. The first-order valence-corrected chi connectivity index (χ1v) is 10.0. The number of nitrogens with zero attached hydrogens (tertiary/aromatic N) is 1. The maximum atomic E-state index is 12.5. The number of carbonyl (C=O) groups excluding carboxylic acids is 1. The van der Waals surface area contributed by atoms with Gasteiger partial charge in [0.25, 0.3) is 0 Å². The number of hydrogen-bond acceptors (Lipinski definition) is 4. The van der Waals surface area contributed by atoms with E-state index in [0.29, 0.717) is 10.0 Å². The van der Waals surface area contributed by atoms with E-state index in [-0.39, 0.29) is 11.2 Å². The highest BCUT2D eigenvalue weighted by Gasteiger charge is 2.17. The number of morpholine rings is 1. The van der Waals surface area contributed by atoms with Gasteiger partial charge in [0.05, 0.1) is 23.5 Å². The summed E-state index contributed by atoms with van der Waals surface area (Å²) in [5.74, 6) is -0.0786. The van der Waals surface area contributed by atoms with Gasteiger partial charge >= 0.3 is 0 Å². The average Bonchev–Trinajstić information content (AvgIpc) is 2.66. The molecule has 1 saturated heterocycles. The van der Waals surface area contributed by atoms with Gasteiger partial charge in [0.1, 0.15) is 0 Å². The molecule has 0 bridgehead atoms. The van der Waals surface area contributed by atoms with Gasteiger partial charge in [0, 0.05) is 34.4 Å². The maximum Gasteiger partial charge on any atom is 0.237 e. The molecule has 0 spiro atoms. The molecule has 0 saturated carbocycles. The van der Waals surface area contributed by atoms with Crippen molar-refractivity contribution in [2.24, 2.45) is 0 Å². The zero-order valence-electron chi connectivity index (χ0n) is 14.4. The van der Waals surface area contributed by atoms with Crippen LogP contribution in [0, 0.1) is 0 Å². The second-order valence-corrected chi connectivity index (χ2v) is 8.20. The van der Waals surface area contributed by atoms with E-state index in [1.54, 1.807) is 18.2 Å². The van der Waals surface area contributed by atoms with E-state index in [0.717, 1.165) is 42.6 Å². The van der Waals surface area contributed by atoms with Crippen LogP contribution in [0.3, 0.4) is 0 Å². The minimum atomic E-state index is -0.301. The van der Waals surface area contributed by atoms with Crippen molar-refractivity contribution in [3.8, 4) is 0 Å². The third-order valence-corrected chi connectivity index (χ3v) is 5.91. The van der Waals surface area contributed by atoms with Crippen LogP contribution in [0.2, 0.25) is 10.0 Å². The van der Waals surface area contributed by atoms with Crippen molar-refractivity contribution >= 4 is 52.2 Å². The molecule has 7 heteroatoms. The van der Waals surface area contributed by atoms with Crippen LogP contribution in [0.25, 0.3) is 0 Å². The van der Waals surface area contributed by atoms with Crippen LogP contribution in [-0.2, 0) is 9.53 Å². The van der Waals surface area contributed by atoms with Gasteiger partial charge in [-0.3, -0.25) is 4.79 Å². The van der Waals surface area contributed by atoms with Gasteiger partial charge in [-0.25, -0.2) is 0 Å². The van der Waals surface area contributed by atoms with Gasteiger partial charge in [-0.1, -0.05) is 23.2 Å². The number of carbonyl (C=O) groups is 1. The fourth-order valence-electron chi connectivity index (χ4n) is 2.63. The Balaban J connectivity index is 1.59. The number of halogens is 2. The van der Waals surface area contributed by atoms with Crippen molar-refractivity contribution in [2.75, 3.05) is 36.5 Å². The Bertz CT molecular complexity index is 765. The normalized spacial score (nSPS) is 15.6. The summed E-state index contributed by atoms with van der Waals surface area (Å²) in [5.41, 5.74) is 1.91. The number of rotatable bonds is 5. The smallest absolute Gasteiger partial charge is 0.237 e. The molecule has 1 fully saturated rings. The first-order valence-electron chi connectivity index (χ1n) is 8.38. The SMILES string of the molecule is C[C@H](Sc1cc(Cl)ccc1Cl)C(=O)Nc1ccc(N2CCOCC2)cc1. The number of amides is 1. The second-order valence-electron chi connectivity index (χ2n) is 5.97. The molecule has 26 heavy (non-hydrogen) atoms. The molecule has 3 rings (SSSR count). The number of hydrogen-bond donors (Lipinski definition) is 1. The van der Waals surface area contributed by atoms with Crippen molar-refractivity contribution in [1.82, 2.24) is 0 Å². The lowest BCUT2D eigenvalue weighted by molar-refractivity contribution is -0.115. The summed E-state index contributed by atoms with van der Waals surface area (Å²) in [6, 6.07) is 13.1. The van der Waals surface area contributed by atoms with Crippen LogP contribution in [0.4, 0.5) is 11.4 Å². The zero-order valence-corrected chi connectivity index (χ0v) is 16.7. The molecular weight excluding hydrogens is 391 g/mol. The average molecular weight is 411 g/mol. The lowest BCUT2D eigenvalue weighted by Crippen LogP contribution is -2.36. The molecule has 0 aliphatic carbocycles. The fraction of sp³-hybridized carbons (Fsp3) is 0.316. The minimum Gasteiger partial charge on any atom is -0.378 e. The molecular formula is C19H20Cl2N2O2S. The molecule has 1 atom stereocenters. The van der Waals surface area contributed by atoms with Crippen LogP contribution in [0.5, 0.6) is 0 Å². The summed E-state index contributed by atoms with van der Waals surface area (Å²) >= 11 is 13.6. The molecule has 4 nitrogen and oxygen atoms in total. The molecule has 1 aliphatic heterocycles. The fourth-order valence-corrected chi connectivity index (χ4v) is 4.04. The number of anilines is 2. The third-order valence-electron chi connectivity index (χ3n) is 4.08. The Morgan fingerprint density at radius 3 is 2.54 bits per heavy atom. The molecule has 1 N–H and O–H groups in total. The Kier molecular flexibility index (Phi) is 6.70.